The van der Waals surface area contributed by atoms with Gasteiger partial charge in [-0.15, -0.1) is 0 Å². The van der Waals surface area contributed by atoms with Crippen molar-refractivity contribution >= 4 is 17.6 Å². The molecule has 0 bridgehead atoms. The Morgan fingerprint density at radius 3 is 2.38 bits per heavy atom. The molecule has 2 aromatic heterocycles. The lowest BCUT2D eigenvalue weighted by Gasteiger charge is -2.17. The number of nitrogens with one attached hydrogen (secondary N) is 2. The fraction of sp³-hybridized carbons (Fsp3) is 0.280. The third kappa shape index (κ3) is 8.16. The predicted octanol–water partition coefficient (Wildman–Crippen LogP) is 5.43. The van der Waals surface area contributed by atoms with Crippen LogP contribution < -0.4 is 20.1 Å². The molecule has 1 atom stereocenters. The van der Waals surface area contributed by atoms with E-state index in [9.17, 15) is 27.2 Å². The zero-order chi connectivity index (χ0) is 27.2. The normalized spacial score (nSPS) is 12.1. The van der Waals surface area contributed by atoms with E-state index in [4.69, 9.17) is 4.74 Å². The molecule has 0 saturated carbocycles. The number of aromatic nitrogens is 2. The maximum Gasteiger partial charge on any atom is 0.422 e. The van der Waals surface area contributed by atoms with Crippen LogP contribution in [0.4, 0.5) is 23.4 Å². The van der Waals surface area contributed by atoms with E-state index in [0.29, 0.717) is 11.4 Å². The van der Waals surface area contributed by atoms with Crippen molar-refractivity contribution in [1.29, 1.82) is 0 Å². The molecule has 0 aliphatic carbocycles. The lowest BCUT2D eigenvalue weighted by molar-refractivity contribution is -0.154. The summed E-state index contributed by atoms with van der Waals surface area (Å²) in [7, 11) is 0. The molecule has 12 heteroatoms. The number of hydrogen-bond donors (Lipinski definition) is 2. The van der Waals surface area contributed by atoms with Gasteiger partial charge in [0.2, 0.25) is 17.7 Å². The van der Waals surface area contributed by atoms with E-state index in [-0.39, 0.29) is 29.0 Å². The zero-order valence-electron chi connectivity index (χ0n) is 20.1. The Balaban J connectivity index is 1.82. The first kappa shape index (κ1) is 27.4. The van der Waals surface area contributed by atoms with Crippen LogP contribution in [0.2, 0.25) is 0 Å². The number of benzene rings is 1. The SMILES string of the molecule is CC(C)C(=O)Nc1cc(C(C)NC(=O)c2ccc(OCC(F)(F)F)nc2Oc2ccc(F)cc2)ccn1. The summed E-state index contributed by atoms with van der Waals surface area (Å²) in [6, 6.07) is 9.77. The number of amides is 2. The Kier molecular flexibility index (Phi) is 8.64. The largest absolute Gasteiger partial charge is 0.468 e. The van der Waals surface area contributed by atoms with Gasteiger partial charge in [0.05, 0.1) is 6.04 Å². The number of hydrogen-bond acceptors (Lipinski definition) is 6. The smallest absolute Gasteiger partial charge is 0.422 e. The van der Waals surface area contributed by atoms with Crippen molar-refractivity contribution < 1.29 is 36.6 Å². The third-order valence-corrected chi connectivity index (χ3v) is 4.90. The maximum atomic E-state index is 13.3. The first-order valence-electron chi connectivity index (χ1n) is 11.1. The average molecular weight is 520 g/mol. The first-order valence-corrected chi connectivity index (χ1v) is 11.1. The topological polar surface area (TPSA) is 102 Å². The van der Waals surface area contributed by atoms with Crippen LogP contribution in [0.25, 0.3) is 0 Å². The number of halogens is 4. The standard InChI is InChI=1S/C25H24F4N4O4/c1-14(2)22(34)32-20-12-16(10-11-30-20)15(3)31-23(35)19-8-9-21(36-13-25(27,28)29)33-24(19)37-18-6-4-17(26)5-7-18/h4-12,14-15H,13H2,1-3H3,(H,31,35)(H,30,32,34). The van der Waals surface area contributed by atoms with Gasteiger partial charge < -0.3 is 20.1 Å². The number of carbonyl (C=O) groups excluding carboxylic acids is 2. The van der Waals surface area contributed by atoms with Crippen molar-refractivity contribution in [2.45, 2.75) is 33.0 Å². The fourth-order valence-electron chi connectivity index (χ4n) is 2.94. The molecule has 2 heterocycles. The third-order valence-electron chi connectivity index (χ3n) is 4.90. The number of nitrogens with zero attached hydrogens (tertiary/aromatic N) is 2. The van der Waals surface area contributed by atoms with Gasteiger partial charge in [0.25, 0.3) is 5.91 Å². The summed E-state index contributed by atoms with van der Waals surface area (Å²) in [5, 5.41) is 5.42. The second-order valence-corrected chi connectivity index (χ2v) is 8.28. The Bertz CT molecular complexity index is 1250. The molecule has 2 N–H and O–H groups in total. The van der Waals surface area contributed by atoms with E-state index >= 15 is 0 Å². The van der Waals surface area contributed by atoms with Gasteiger partial charge in [-0.25, -0.2) is 9.37 Å². The van der Waals surface area contributed by atoms with Gasteiger partial charge in [0.1, 0.15) is 22.9 Å². The molecule has 1 aromatic carbocycles. The van der Waals surface area contributed by atoms with Gasteiger partial charge in [0.15, 0.2) is 6.61 Å². The van der Waals surface area contributed by atoms with Gasteiger partial charge in [-0.05, 0) is 55.0 Å². The molecular weight excluding hydrogens is 496 g/mol. The molecule has 1 unspecified atom stereocenters. The Morgan fingerprint density at radius 1 is 1.03 bits per heavy atom. The molecule has 8 nitrogen and oxygen atoms in total. The Labute approximate surface area is 210 Å². The number of ether oxygens (including phenoxy) is 2. The summed E-state index contributed by atoms with van der Waals surface area (Å²) >= 11 is 0. The van der Waals surface area contributed by atoms with Crippen LogP contribution in [-0.2, 0) is 4.79 Å². The molecule has 0 fully saturated rings. The number of anilines is 1. The van der Waals surface area contributed by atoms with Crippen LogP contribution in [0.1, 0.15) is 42.7 Å². The van der Waals surface area contributed by atoms with Gasteiger partial charge in [-0.1, -0.05) is 13.8 Å². The van der Waals surface area contributed by atoms with E-state index in [2.05, 4.69) is 25.3 Å². The van der Waals surface area contributed by atoms with Crippen molar-refractivity contribution in [3.8, 4) is 17.5 Å². The lowest BCUT2D eigenvalue weighted by atomic mass is 10.1. The van der Waals surface area contributed by atoms with Crippen molar-refractivity contribution in [1.82, 2.24) is 15.3 Å². The van der Waals surface area contributed by atoms with E-state index in [1.165, 1.54) is 24.4 Å². The van der Waals surface area contributed by atoms with Gasteiger partial charge in [-0.2, -0.15) is 18.2 Å². The summed E-state index contributed by atoms with van der Waals surface area (Å²) in [5.74, 6) is -2.00. The number of carbonyl (C=O) groups is 2. The van der Waals surface area contributed by atoms with Crippen LogP contribution in [0.15, 0.2) is 54.7 Å². The Hall–Kier alpha value is -4.22. The summed E-state index contributed by atoms with van der Waals surface area (Å²) < 4.78 is 61.2. The number of pyridine rings is 2. The molecule has 196 valence electrons. The van der Waals surface area contributed by atoms with Gasteiger partial charge in [0, 0.05) is 18.2 Å². The van der Waals surface area contributed by atoms with E-state index in [1.807, 2.05) is 0 Å². The molecule has 3 aromatic rings. The molecule has 0 aliphatic rings. The number of rotatable bonds is 9. The predicted molar refractivity (Wildman–Crippen MR) is 126 cm³/mol. The van der Waals surface area contributed by atoms with E-state index in [1.54, 1.807) is 32.9 Å². The fourth-order valence-corrected chi connectivity index (χ4v) is 2.94. The van der Waals surface area contributed by atoms with Gasteiger partial charge in [-0.3, -0.25) is 9.59 Å². The summed E-state index contributed by atoms with van der Waals surface area (Å²) in [6.07, 6.45) is -3.12. The summed E-state index contributed by atoms with van der Waals surface area (Å²) in [4.78, 5) is 33.0. The Morgan fingerprint density at radius 2 is 1.73 bits per heavy atom. The molecule has 0 saturated heterocycles. The molecule has 3 rings (SSSR count). The number of alkyl halides is 3. The summed E-state index contributed by atoms with van der Waals surface area (Å²) in [5.41, 5.74) is 0.527. The second kappa shape index (κ2) is 11.7. The van der Waals surface area contributed by atoms with Crippen LogP contribution >= 0.6 is 0 Å². The van der Waals surface area contributed by atoms with E-state index < -0.39 is 36.4 Å². The van der Waals surface area contributed by atoms with Crippen molar-refractivity contribution in [2.24, 2.45) is 5.92 Å². The maximum absolute atomic E-state index is 13.3. The summed E-state index contributed by atoms with van der Waals surface area (Å²) in [6.45, 7) is 3.58. The highest BCUT2D eigenvalue weighted by molar-refractivity contribution is 5.97. The monoisotopic (exact) mass is 520 g/mol. The van der Waals surface area contributed by atoms with E-state index in [0.717, 1.165) is 18.2 Å². The van der Waals surface area contributed by atoms with Crippen LogP contribution in [0.5, 0.6) is 17.5 Å². The molecule has 0 radical (unpaired) electrons. The minimum atomic E-state index is -4.59. The molecule has 0 spiro atoms. The van der Waals surface area contributed by atoms with Crippen LogP contribution in [0, 0.1) is 11.7 Å². The molecule has 0 aliphatic heterocycles. The van der Waals surface area contributed by atoms with Gasteiger partial charge >= 0.3 is 6.18 Å². The zero-order valence-corrected chi connectivity index (χ0v) is 20.1. The highest BCUT2D eigenvalue weighted by atomic mass is 19.4. The molecular formula is C25H24F4N4O4. The molecule has 37 heavy (non-hydrogen) atoms. The van der Waals surface area contributed by atoms with Crippen molar-refractivity contribution in [3.63, 3.8) is 0 Å². The second-order valence-electron chi connectivity index (χ2n) is 8.28. The molecule has 2 amide bonds. The first-order chi connectivity index (χ1) is 17.4. The van der Waals surface area contributed by atoms with Crippen LogP contribution in [0.3, 0.4) is 0 Å². The highest BCUT2D eigenvalue weighted by Crippen LogP contribution is 2.28. The quantitative estimate of drug-likeness (QED) is 0.365. The minimum Gasteiger partial charge on any atom is -0.468 e. The highest BCUT2D eigenvalue weighted by Gasteiger charge is 2.29. The van der Waals surface area contributed by atoms with Crippen molar-refractivity contribution in [3.05, 3.63) is 71.7 Å². The minimum absolute atomic E-state index is 0.0991. The van der Waals surface area contributed by atoms with Crippen molar-refractivity contribution in [2.75, 3.05) is 11.9 Å². The van der Waals surface area contributed by atoms with Crippen LogP contribution in [-0.4, -0.2) is 34.6 Å². The lowest BCUT2D eigenvalue weighted by Crippen LogP contribution is -2.27. The average Bonchev–Trinajstić information content (AvgIpc) is 2.84.